The average molecular weight is 444 g/mol. The highest BCUT2D eigenvalue weighted by Crippen LogP contribution is 2.14. The molecule has 1 heterocycles. The first-order valence-corrected chi connectivity index (χ1v) is 9.94. The predicted octanol–water partition coefficient (Wildman–Crippen LogP) is 1.55. The second-order valence-electron chi connectivity index (χ2n) is 7.20. The molecule has 1 aliphatic heterocycles. The van der Waals surface area contributed by atoms with Gasteiger partial charge in [-0.25, -0.2) is 4.79 Å². The Morgan fingerprint density at radius 1 is 1.06 bits per heavy atom. The number of nitrogens with zero attached hydrogens (tertiary/aromatic N) is 2. The maximum atomic E-state index is 12.5. The summed E-state index contributed by atoms with van der Waals surface area (Å²) in [5.41, 5.74) is 1.03. The first kappa shape index (κ1) is 24.4. The highest BCUT2D eigenvalue weighted by molar-refractivity contribution is 5.95. The molecule has 11 heteroatoms. The molecule has 1 aliphatic rings. The molecule has 1 aromatic carbocycles. The maximum absolute atomic E-state index is 12.5. The number of hydrogen-bond donors (Lipinski definition) is 2. The second kappa shape index (κ2) is 11.5. The predicted molar refractivity (Wildman–Crippen MR) is 107 cm³/mol. The van der Waals surface area contributed by atoms with Crippen molar-refractivity contribution < 1.29 is 32.3 Å². The molecular formula is C20H27F3N4O4. The third-order valence-corrected chi connectivity index (χ3v) is 4.80. The van der Waals surface area contributed by atoms with E-state index in [0.717, 1.165) is 11.3 Å². The summed E-state index contributed by atoms with van der Waals surface area (Å²) < 4.78 is 41.4. The Balaban J connectivity index is 1.72. The Hall–Kier alpha value is -2.82. The minimum absolute atomic E-state index is 0.0219. The van der Waals surface area contributed by atoms with E-state index in [1.54, 1.807) is 22.2 Å². The molecule has 0 aliphatic carbocycles. The van der Waals surface area contributed by atoms with Crippen LogP contribution in [0.5, 0.6) is 5.75 Å². The van der Waals surface area contributed by atoms with Gasteiger partial charge in [-0.05, 0) is 30.5 Å². The first-order chi connectivity index (χ1) is 14.7. The molecule has 4 amide bonds. The number of aryl methyl sites for hydroxylation is 1. The van der Waals surface area contributed by atoms with E-state index < -0.39 is 24.7 Å². The number of carbonyl (C=O) groups is 3. The molecular weight excluding hydrogens is 417 g/mol. The lowest BCUT2D eigenvalue weighted by Gasteiger charge is -2.21. The minimum atomic E-state index is -4.55. The van der Waals surface area contributed by atoms with Gasteiger partial charge in [-0.3, -0.25) is 19.8 Å². The number of rotatable bonds is 7. The highest BCUT2D eigenvalue weighted by atomic mass is 19.4. The van der Waals surface area contributed by atoms with Crippen LogP contribution < -0.4 is 15.4 Å². The highest BCUT2D eigenvalue weighted by Gasteiger charge is 2.28. The summed E-state index contributed by atoms with van der Waals surface area (Å²) in [7, 11) is 1.59. The molecule has 0 atom stereocenters. The van der Waals surface area contributed by atoms with Gasteiger partial charge in [-0.2, -0.15) is 13.2 Å². The van der Waals surface area contributed by atoms with Gasteiger partial charge in [0.25, 0.3) is 0 Å². The van der Waals surface area contributed by atoms with E-state index in [0.29, 0.717) is 45.4 Å². The molecule has 0 unspecified atom stereocenters. The number of benzene rings is 1. The molecule has 0 aromatic heterocycles. The van der Waals surface area contributed by atoms with Gasteiger partial charge in [0.2, 0.25) is 11.8 Å². The zero-order chi connectivity index (χ0) is 22.9. The van der Waals surface area contributed by atoms with Crippen molar-refractivity contribution in [2.75, 3.05) is 46.4 Å². The molecule has 31 heavy (non-hydrogen) atoms. The van der Waals surface area contributed by atoms with Crippen LogP contribution in [-0.2, 0) is 16.0 Å². The maximum Gasteiger partial charge on any atom is 0.405 e. The molecule has 1 fully saturated rings. The number of urea groups is 1. The van der Waals surface area contributed by atoms with Crippen molar-refractivity contribution in [2.24, 2.45) is 0 Å². The number of ether oxygens (including phenoxy) is 1. The lowest BCUT2D eigenvalue weighted by molar-refractivity contribution is -0.131. The number of halogens is 3. The fraction of sp³-hybridized carbons (Fsp3) is 0.550. The van der Waals surface area contributed by atoms with Crippen LogP contribution in [0.3, 0.4) is 0 Å². The molecule has 2 rings (SSSR count). The van der Waals surface area contributed by atoms with E-state index in [1.165, 1.54) is 0 Å². The lowest BCUT2D eigenvalue weighted by Crippen LogP contribution is -2.47. The Morgan fingerprint density at radius 3 is 2.42 bits per heavy atom. The van der Waals surface area contributed by atoms with E-state index in [-0.39, 0.29) is 12.5 Å². The SMILES string of the molecule is COc1ccc(CCC(=O)N2CCCN(CC(=O)NC(=O)NCC(F)(F)F)CC2)cc1. The summed E-state index contributed by atoms with van der Waals surface area (Å²) >= 11 is 0. The Bertz CT molecular complexity index is 756. The molecule has 0 radical (unpaired) electrons. The molecule has 8 nitrogen and oxygen atoms in total. The van der Waals surface area contributed by atoms with Gasteiger partial charge >= 0.3 is 12.2 Å². The third kappa shape index (κ3) is 9.24. The van der Waals surface area contributed by atoms with Crippen LogP contribution in [0.4, 0.5) is 18.0 Å². The quantitative estimate of drug-likeness (QED) is 0.666. The standard InChI is InChI=1S/C20H27F3N4O4/c1-31-16-6-3-15(4-7-16)5-8-18(29)27-10-2-9-26(11-12-27)13-17(28)25-19(30)24-14-20(21,22)23/h3-4,6-7H,2,5,8-14H2,1H3,(H2,24,25,28,30). The zero-order valence-electron chi connectivity index (χ0n) is 17.3. The zero-order valence-corrected chi connectivity index (χ0v) is 17.3. The summed E-state index contributed by atoms with van der Waals surface area (Å²) in [4.78, 5) is 39.3. The largest absolute Gasteiger partial charge is 0.497 e. The van der Waals surface area contributed by atoms with Crippen LogP contribution in [0.25, 0.3) is 0 Å². The van der Waals surface area contributed by atoms with Crippen LogP contribution in [0.15, 0.2) is 24.3 Å². The summed E-state index contributed by atoms with van der Waals surface area (Å²) in [6.45, 7) is 0.336. The van der Waals surface area contributed by atoms with E-state index in [4.69, 9.17) is 4.74 Å². The van der Waals surface area contributed by atoms with E-state index >= 15 is 0 Å². The van der Waals surface area contributed by atoms with Crippen molar-refractivity contribution >= 4 is 17.8 Å². The summed E-state index contributed by atoms with van der Waals surface area (Å²) in [6.07, 6.45) is -2.92. The topological polar surface area (TPSA) is 91.0 Å². The van der Waals surface area contributed by atoms with Crippen molar-refractivity contribution in [2.45, 2.75) is 25.4 Å². The van der Waals surface area contributed by atoms with Crippen LogP contribution in [-0.4, -0.2) is 80.2 Å². The smallest absolute Gasteiger partial charge is 0.405 e. The van der Waals surface area contributed by atoms with Crippen molar-refractivity contribution in [3.8, 4) is 5.75 Å². The fourth-order valence-electron chi connectivity index (χ4n) is 3.17. The minimum Gasteiger partial charge on any atom is -0.497 e. The summed E-state index contributed by atoms with van der Waals surface area (Å²) in [5, 5.41) is 3.47. The van der Waals surface area contributed by atoms with Gasteiger partial charge in [0.1, 0.15) is 12.3 Å². The van der Waals surface area contributed by atoms with Crippen LogP contribution >= 0.6 is 0 Å². The number of methoxy groups -OCH3 is 1. The van der Waals surface area contributed by atoms with Gasteiger partial charge in [0, 0.05) is 32.6 Å². The molecule has 0 bridgehead atoms. The lowest BCUT2D eigenvalue weighted by atomic mass is 10.1. The average Bonchev–Trinajstić information content (AvgIpc) is 2.96. The van der Waals surface area contributed by atoms with Crippen LogP contribution in [0.2, 0.25) is 0 Å². The van der Waals surface area contributed by atoms with Crippen molar-refractivity contribution in [1.82, 2.24) is 20.4 Å². The Morgan fingerprint density at radius 2 is 1.77 bits per heavy atom. The van der Waals surface area contributed by atoms with E-state index in [9.17, 15) is 27.6 Å². The molecule has 0 spiro atoms. The van der Waals surface area contributed by atoms with E-state index in [2.05, 4.69) is 0 Å². The summed E-state index contributed by atoms with van der Waals surface area (Å²) in [5.74, 6) is 0.0807. The monoisotopic (exact) mass is 444 g/mol. The first-order valence-electron chi connectivity index (χ1n) is 9.94. The van der Waals surface area contributed by atoms with Gasteiger partial charge in [0.05, 0.1) is 13.7 Å². The van der Waals surface area contributed by atoms with Crippen LogP contribution in [0, 0.1) is 0 Å². The molecule has 1 aromatic rings. The Labute approximate surface area is 178 Å². The fourth-order valence-corrected chi connectivity index (χ4v) is 3.17. The Kier molecular flexibility index (Phi) is 9.10. The normalized spacial score (nSPS) is 15.2. The number of hydrogen-bond acceptors (Lipinski definition) is 5. The van der Waals surface area contributed by atoms with E-state index in [1.807, 2.05) is 29.6 Å². The van der Waals surface area contributed by atoms with Gasteiger partial charge in [0.15, 0.2) is 0 Å². The number of nitrogens with one attached hydrogen (secondary N) is 2. The van der Waals surface area contributed by atoms with Gasteiger partial charge in [-0.15, -0.1) is 0 Å². The van der Waals surface area contributed by atoms with Gasteiger partial charge < -0.3 is 15.0 Å². The molecule has 0 saturated carbocycles. The van der Waals surface area contributed by atoms with Crippen molar-refractivity contribution in [3.63, 3.8) is 0 Å². The molecule has 1 saturated heterocycles. The number of imide groups is 1. The second-order valence-corrected chi connectivity index (χ2v) is 7.20. The number of amides is 4. The van der Waals surface area contributed by atoms with Crippen molar-refractivity contribution in [1.29, 1.82) is 0 Å². The number of carbonyl (C=O) groups excluding carboxylic acids is 3. The van der Waals surface area contributed by atoms with Gasteiger partial charge in [-0.1, -0.05) is 12.1 Å². The molecule has 172 valence electrons. The number of alkyl halides is 3. The van der Waals surface area contributed by atoms with Crippen LogP contribution in [0.1, 0.15) is 18.4 Å². The van der Waals surface area contributed by atoms with Crippen molar-refractivity contribution in [3.05, 3.63) is 29.8 Å². The summed E-state index contributed by atoms with van der Waals surface area (Å²) in [6, 6.07) is 6.34. The third-order valence-electron chi connectivity index (χ3n) is 4.80. The molecule has 2 N–H and O–H groups in total.